The number of thiazole rings is 1. The molecule has 1 fully saturated rings. The van der Waals surface area contributed by atoms with Crippen LogP contribution in [0.25, 0.3) is 0 Å². The minimum atomic E-state index is 0.160. The van der Waals surface area contributed by atoms with Gasteiger partial charge < -0.3 is 14.4 Å². The van der Waals surface area contributed by atoms with E-state index in [9.17, 15) is 4.79 Å². The Bertz CT molecular complexity index is 729. The molecule has 1 unspecified atom stereocenters. The third kappa shape index (κ3) is 6.04. The van der Waals surface area contributed by atoms with E-state index in [0.717, 1.165) is 55.6 Å². The van der Waals surface area contributed by atoms with Crippen molar-refractivity contribution in [2.45, 2.75) is 39.7 Å². The molecule has 146 valence electrons. The lowest BCUT2D eigenvalue weighted by atomic mass is 9.98. The van der Waals surface area contributed by atoms with Gasteiger partial charge in [0.25, 0.3) is 0 Å². The summed E-state index contributed by atoms with van der Waals surface area (Å²) in [4.78, 5) is 19.2. The van der Waals surface area contributed by atoms with Crippen molar-refractivity contribution < 1.29 is 14.3 Å². The van der Waals surface area contributed by atoms with E-state index in [4.69, 9.17) is 9.47 Å². The fourth-order valence-corrected chi connectivity index (χ4v) is 3.96. The average Bonchev–Trinajstić information content (AvgIpc) is 3.13. The molecule has 1 atom stereocenters. The van der Waals surface area contributed by atoms with Gasteiger partial charge in [-0.3, -0.25) is 4.79 Å². The maximum atomic E-state index is 12.6. The van der Waals surface area contributed by atoms with Crippen molar-refractivity contribution in [3.05, 3.63) is 45.9 Å². The summed E-state index contributed by atoms with van der Waals surface area (Å²) in [5.74, 6) is 1.45. The molecular formula is C21H28N2O3S. The predicted molar refractivity (Wildman–Crippen MR) is 107 cm³/mol. The number of piperidine rings is 1. The van der Waals surface area contributed by atoms with Crippen LogP contribution in [0.2, 0.25) is 0 Å². The molecule has 1 amide bonds. The van der Waals surface area contributed by atoms with Gasteiger partial charge in [0.15, 0.2) is 0 Å². The molecule has 27 heavy (non-hydrogen) atoms. The number of carbonyl (C=O) groups excluding carboxylic acids is 1. The molecule has 3 rings (SSSR count). The topological polar surface area (TPSA) is 51.7 Å². The molecule has 2 heterocycles. The second-order valence-electron chi connectivity index (χ2n) is 7.02. The van der Waals surface area contributed by atoms with Crippen LogP contribution in [0.3, 0.4) is 0 Å². The first kappa shape index (κ1) is 19.8. The van der Waals surface area contributed by atoms with Crippen molar-refractivity contribution >= 4 is 17.2 Å². The molecule has 1 aliphatic heterocycles. The second kappa shape index (κ2) is 9.85. The van der Waals surface area contributed by atoms with Crippen molar-refractivity contribution in [2.24, 2.45) is 5.92 Å². The number of likely N-dealkylation sites (tertiary alicyclic amines) is 1. The average molecular weight is 389 g/mol. The molecule has 1 aliphatic rings. The highest BCUT2D eigenvalue weighted by molar-refractivity contribution is 7.09. The summed E-state index contributed by atoms with van der Waals surface area (Å²) < 4.78 is 11.3. The van der Waals surface area contributed by atoms with Crippen molar-refractivity contribution in [3.63, 3.8) is 0 Å². The molecule has 0 bridgehead atoms. The first-order valence-electron chi connectivity index (χ1n) is 9.62. The van der Waals surface area contributed by atoms with Crippen molar-refractivity contribution in [1.29, 1.82) is 0 Å². The van der Waals surface area contributed by atoms with Crippen LogP contribution < -0.4 is 4.74 Å². The maximum Gasteiger partial charge on any atom is 0.228 e. The van der Waals surface area contributed by atoms with Gasteiger partial charge in [-0.15, -0.1) is 11.3 Å². The number of amides is 1. The minimum absolute atomic E-state index is 0.160. The van der Waals surface area contributed by atoms with Gasteiger partial charge in [-0.2, -0.15) is 0 Å². The number of aromatic nitrogens is 1. The molecule has 0 saturated carbocycles. The molecule has 0 spiro atoms. The molecular weight excluding hydrogens is 360 g/mol. The van der Waals surface area contributed by atoms with E-state index < -0.39 is 0 Å². The van der Waals surface area contributed by atoms with E-state index in [1.54, 1.807) is 11.3 Å². The lowest BCUT2D eigenvalue weighted by molar-refractivity contribution is -0.132. The monoisotopic (exact) mass is 388 g/mol. The number of hydrogen-bond acceptors (Lipinski definition) is 5. The highest BCUT2D eigenvalue weighted by atomic mass is 32.1. The predicted octanol–water partition coefficient (Wildman–Crippen LogP) is 3.85. The van der Waals surface area contributed by atoms with E-state index in [1.165, 1.54) is 5.56 Å². The van der Waals surface area contributed by atoms with Crippen molar-refractivity contribution in [2.75, 3.05) is 26.3 Å². The first-order chi connectivity index (χ1) is 13.1. The van der Waals surface area contributed by atoms with Crippen molar-refractivity contribution in [3.8, 4) is 5.75 Å². The highest BCUT2D eigenvalue weighted by Gasteiger charge is 2.24. The first-order valence-corrected chi connectivity index (χ1v) is 10.5. The molecule has 0 aliphatic carbocycles. The summed E-state index contributed by atoms with van der Waals surface area (Å²) >= 11 is 1.55. The number of carbonyl (C=O) groups is 1. The molecule has 5 nitrogen and oxygen atoms in total. The molecule has 6 heteroatoms. The molecule has 0 N–H and O–H groups in total. The fraction of sp³-hybridized carbons (Fsp3) is 0.524. The number of rotatable bonds is 8. The van der Waals surface area contributed by atoms with E-state index in [-0.39, 0.29) is 5.91 Å². The maximum absolute atomic E-state index is 12.6. The SMILES string of the molecule is CCOCC1CCCN(C(=O)Cc2csc(COc3ccc(C)cc3)n2)C1. The fourth-order valence-electron chi connectivity index (χ4n) is 3.25. The van der Waals surface area contributed by atoms with Gasteiger partial charge in [0.1, 0.15) is 17.4 Å². The Hall–Kier alpha value is -1.92. The minimum Gasteiger partial charge on any atom is -0.486 e. The number of hydrogen-bond donors (Lipinski definition) is 0. The Labute approximate surface area is 165 Å². The van der Waals surface area contributed by atoms with E-state index >= 15 is 0 Å². The molecule has 0 radical (unpaired) electrons. The van der Waals surface area contributed by atoms with Crippen LogP contribution in [-0.4, -0.2) is 42.1 Å². The smallest absolute Gasteiger partial charge is 0.228 e. The normalized spacial score (nSPS) is 17.1. The number of nitrogens with zero attached hydrogens (tertiary/aromatic N) is 2. The summed E-state index contributed by atoms with van der Waals surface area (Å²) in [7, 11) is 0. The Morgan fingerprint density at radius 3 is 2.93 bits per heavy atom. The summed E-state index contributed by atoms with van der Waals surface area (Å²) in [5.41, 5.74) is 2.04. The lowest BCUT2D eigenvalue weighted by Crippen LogP contribution is -2.42. The van der Waals surface area contributed by atoms with E-state index in [2.05, 4.69) is 11.9 Å². The zero-order valence-corrected chi connectivity index (χ0v) is 17.0. The van der Waals surface area contributed by atoms with Crippen LogP contribution in [0.1, 0.15) is 36.0 Å². The Kier molecular flexibility index (Phi) is 7.24. The van der Waals surface area contributed by atoms with Crippen LogP contribution in [0, 0.1) is 12.8 Å². The van der Waals surface area contributed by atoms with Gasteiger partial charge in [0.2, 0.25) is 5.91 Å². The number of benzene rings is 1. The van der Waals surface area contributed by atoms with Gasteiger partial charge >= 0.3 is 0 Å². The summed E-state index contributed by atoms with van der Waals surface area (Å²) in [6, 6.07) is 7.97. The van der Waals surface area contributed by atoms with Gasteiger partial charge in [-0.1, -0.05) is 17.7 Å². The van der Waals surface area contributed by atoms with Crippen LogP contribution in [-0.2, 0) is 22.6 Å². The van der Waals surface area contributed by atoms with Crippen LogP contribution in [0.15, 0.2) is 29.6 Å². The van der Waals surface area contributed by atoms with Gasteiger partial charge in [-0.05, 0) is 44.7 Å². The standard InChI is InChI=1S/C21H28N2O3S/c1-3-25-13-17-5-4-10-23(12-17)21(24)11-18-15-27-20(22-18)14-26-19-8-6-16(2)7-9-19/h6-9,15,17H,3-5,10-14H2,1-2H3. The number of aryl methyl sites for hydroxylation is 1. The summed E-state index contributed by atoms with van der Waals surface area (Å²) in [5, 5.41) is 2.86. The van der Waals surface area contributed by atoms with Gasteiger partial charge in [0.05, 0.1) is 18.7 Å². The molecule has 1 saturated heterocycles. The van der Waals surface area contributed by atoms with E-state index in [1.807, 2.05) is 41.5 Å². The van der Waals surface area contributed by atoms with E-state index in [0.29, 0.717) is 18.9 Å². The molecule has 1 aromatic carbocycles. The third-order valence-corrected chi connectivity index (χ3v) is 5.62. The van der Waals surface area contributed by atoms with Gasteiger partial charge in [0, 0.05) is 25.1 Å². The summed E-state index contributed by atoms with van der Waals surface area (Å²) in [6.07, 6.45) is 2.56. The van der Waals surface area contributed by atoms with Crippen LogP contribution in [0.5, 0.6) is 5.75 Å². The zero-order chi connectivity index (χ0) is 19.1. The largest absolute Gasteiger partial charge is 0.486 e. The summed E-state index contributed by atoms with van der Waals surface area (Å²) in [6.45, 7) is 7.61. The molecule has 1 aromatic heterocycles. The Balaban J connectivity index is 1.48. The third-order valence-electron chi connectivity index (χ3n) is 4.74. The zero-order valence-electron chi connectivity index (χ0n) is 16.1. The number of ether oxygens (including phenoxy) is 2. The Morgan fingerprint density at radius 2 is 2.15 bits per heavy atom. The molecule has 2 aromatic rings. The lowest BCUT2D eigenvalue weighted by Gasteiger charge is -2.32. The highest BCUT2D eigenvalue weighted by Crippen LogP contribution is 2.19. The van der Waals surface area contributed by atoms with Crippen LogP contribution >= 0.6 is 11.3 Å². The Morgan fingerprint density at radius 1 is 1.33 bits per heavy atom. The quantitative estimate of drug-likeness (QED) is 0.689. The van der Waals surface area contributed by atoms with Crippen molar-refractivity contribution in [1.82, 2.24) is 9.88 Å². The van der Waals surface area contributed by atoms with Crippen LogP contribution in [0.4, 0.5) is 0 Å². The van der Waals surface area contributed by atoms with Gasteiger partial charge in [-0.25, -0.2) is 4.98 Å². The second-order valence-corrected chi connectivity index (χ2v) is 7.96.